The van der Waals surface area contributed by atoms with Gasteiger partial charge in [-0.3, -0.25) is 0 Å². The van der Waals surface area contributed by atoms with Crippen LogP contribution in [0.4, 0.5) is 16.8 Å². The van der Waals surface area contributed by atoms with Gasteiger partial charge in [-0.15, -0.1) is 0 Å². The van der Waals surface area contributed by atoms with Crippen LogP contribution in [0.15, 0.2) is 70.9 Å². The van der Waals surface area contributed by atoms with E-state index in [1.54, 1.807) is 36.4 Å². The molecule has 2 aromatic carbocycles. The van der Waals surface area contributed by atoms with Crippen molar-refractivity contribution in [2.24, 2.45) is 10.2 Å². The third kappa shape index (κ3) is 1.64. The molecule has 0 atom stereocenters. The number of fused-ring (bicyclic) bond motifs is 4. The van der Waals surface area contributed by atoms with E-state index in [0.717, 1.165) is 14.1 Å². The first-order chi connectivity index (χ1) is 13.1. The molecule has 0 radical (unpaired) electrons. The number of hydrazone groups is 2. The molecule has 0 saturated carbocycles. The standard InChI is InChI=1S/C16H16F4N6P2/c1-23-21-15(13-9-5-3-6-10-13)25-27(23,17,18)26-16(14-11-7-4-8-12-14)22-24(2)28(25,26,19)20/h3-12H,1-2H3. The second-order valence-corrected chi connectivity index (χ2v) is 13.2. The molecular formula is C16H16F4N6P2. The van der Waals surface area contributed by atoms with E-state index in [-0.39, 0.29) is 20.0 Å². The summed E-state index contributed by atoms with van der Waals surface area (Å²) in [7, 11) is -10.8. The molecule has 0 amide bonds. The molecule has 28 heavy (non-hydrogen) atoms. The topological polar surface area (TPSA) is 37.7 Å². The molecule has 0 N–H and O–H groups in total. The Hall–Kier alpha value is -2.44. The minimum atomic E-state index is -6.45. The molecule has 1 saturated heterocycles. The van der Waals surface area contributed by atoms with Crippen molar-refractivity contribution in [3.05, 3.63) is 71.8 Å². The van der Waals surface area contributed by atoms with Crippen molar-refractivity contribution in [1.29, 1.82) is 0 Å². The van der Waals surface area contributed by atoms with Crippen LogP contribution in [-0.2, 0) is 0 Å². The van der Waals surface area contributed by atoms with Gasteiger partial charge in [-0.25, -0.2) is 0 Å². The molecule has 6 nitrogen and oxygen atoms in total. The molecule has 12 heteroatoms. The predicted molar refractivity (Wildman–Crippen MR) is 103 cm³/mol. The van der Waals surface area contributed by atoms with E-state index in [9.17, 15) is 0 Å². The van der Waals surface area contributed by atoms with Gasteiger partial charge in [0.1, 0.15) is 0 Å². The van der Waals surface area contributed by atoms with E-state index in [1.165, 1.54) is 24.3 Å². The summed E-state index contributed by atoms with van der Waals surface area (Å²) < 4.78 is 65.7. The van der Waals surface area contributed by atoms with Gasteiger partial charge in [0.05, 0.1) is 0 Å². The Morgan fingerprint density at radius 2 is 0.929 bits per heavy atom. The fourth-order valence-corrected chi connectivity index (χ4v) is 13.1. The van der Waals surface area contributed by atoms with Crippen LogP contribution in [0.25, 0.3) is 0 Å². The van der Waals surface area contributed by atoms with Gasteiger partial charge in [-0.1, -0.05) is 0 Å². The molecule has 2 aromatic rings. The zero-order chi connectivity index (χ0) is 20.0. The Labute approximate surface area is 159 Å². The summed E-state index contributed by atoms with van der Waals surface area (Å²) in [5, 5.41) is 7.75. The first kappa shape index (κ1) is 17.6. The number of nitrogens with zero attached hydrogens (tertiary/aromatic N) is 6. The summed E-state index contributed by atoms with van der Waals surface area (Å²) in [5.41, 5.74) is 0.410. The zero-order valence-electron chi connectivity index (χ0n) is 14.9. The van der Waals surface area contributed by atoms with Crippen LogP contribution >= 0.6 is 15.4 Å². The van der Waals surface area contributed by atoms with E-state index >= 15 is 16.8 Å². The summed E-state index contributed by atoms with van der Waals surface area (Å²) in [6.07, 6.45) is 0. The quantitative estimate of drug-likeness (QED) is 0.476. The van der Waals surface area contributed by atoms with Crippen LogP contribution in [-0.4, -0.2) is 44.2 Å². The fraction of sp³-hybridized carbons (Fsp3) is 0.125. The van der Waals surface area contributed by atoms with Crippen LogP contribution in [0.1, 0.15) is 11.1 Å². The monoisotopic (exact) mass is 430 g/mol. The van der Waals surface area contributed by atoms with Gasteiger partial charge in [0, 0.05) is 0 Å². The number of hydrogen-bond acceptors (Lipinski definition) is 6. The average Bonchev–Trinajstić information content (AvgIpc) is 3.00. The van der Waals surface area contributed by atoms with Gasteiger partial charge < -0.3 is 0 Å². The third-order valence-electron chi connectivity index (χ3n) is 5.13. The van der Waals surface area contributed by atoms with Gasteiger partial charge in [0.15, 0.2) is 0 Å². The summed E-state index contributed by atoms with van der Waals surface area (Å²) >= 11 is 0. The van der Waals surface area contributed by atoms with Gasteiger partial charge in [0.2, 0.25) is 0 Å². The molecule has 0 spiro atoms. The summed E-state index contributed by atoms with van der Waals surface area (Å²) in [4.78, 5) is 0. The van der Waals surface area contributed by atoms with E-state index in [0.29, 0.717) is 9.56 Å². The van der Waals surface area contributed by atoms with E-state index in [2.05, 4.69) is 10.2 Å². The molecule has 0 aromatic heterocycles. The van der Waals surface area contributed by atoms with Crippen molar-refractivity contribution >= 4 is 27.0 Å². The Balaban J connectivity index is 1.73. The number of amidine groups is 2. The summed E-state index contributed by atoms with van der Waals surface area (Å²) in [5.74, 6) is -0.859. The number of hydrogen-bond donors (Lipinski definition) is 0. The molecule has 0 aliphatic carbocycles. The zero-order valence-corrected chi connectivity index (χ0v) is 16.7. The predicted octanol–water partition coefficient (Wildman–Crippen LogP) is 5.35. The summed E-state index contributed by atoms with van der Waals surface area (Å²) in [6, 6.07) is 15.7. The normalized spacial score (nSPS) is 27.9. The van der Waals surface area contributed by atoms with Crippen molar-refractivity contribution in [1.82, 2.24) is 18.4 Å². The number of halogens is 4. The van der Waals surface area contributed by atoms with E-state index in [1.807, 2.05) is 0 Å². The molecule has 0 bridgehead atoms. The van der Waals surface area contributed by atoms with Crippen LogP contribution in [0.3, 0.4) is 0 Å². The van der Waals surface area contributed by atoms with E-state index in [4.69, 9.17) is 0 Å². The second-order valence-electron chi connectivity index (χ2n) is 6.71. The van der Waals surface area contributed by atoms with Crippen molar-refractivity contribution in [2.75, 3.05) is 14.1 Å². The van der Waals surface area contributed by atoms with Crippen LogP contribution < -0.4 is 0 Å². The van der Waals surface area contributed by atoms with Crippen molar-refractivity contribution in [3.8, 4) is 0 Å². The molecule has 0 unspecified atom stereocenters. The van der Waals surface area contributed by atoms with Crippen LogP contribution in [0.2, 0.25) is 0 Å². The molecule has 3 heterocycles. The first-order valence-electron chi connectivity index (χ1n) is 8.39. The number of rotatable bonds is 2. The van der Waals surface area contributed by atoms with Crippen LogP contribution in [0, 0.1) is 0 Å². The van der Waals surface area contributed by atoms with E-state index < -0.39 is 27.0 Å². The minimum absolute atomic E-state index is 0.00796. The molecule has 3 aliphatic rings. The van der Waals surface area contributed by atoms with Crippen molar-refractivity contribution in [2.45, 2.75) is 0 Å². The number of benzene rings is 2. The Kier molecular flexibility index (Phi) is 2.99. The van der Waals surface area contributed by atoms with Gasteiger partial charge in [-0.2, -0.15) is 0 Å². The maximum atomic E-state index is 16.2. The molecular weight excluding hydrogens is 414 g/mol. The van der Waals surface area contributed by atoms with Crippen LogP contribution in [0.5, 0.6) is 0 Å². The maximum absolute atomic E-state index is 16.2. The van der Waals surface area contributed by atoms with Crippen molar-refractivity contribution < 1.29 is 16.8 Å². The Morgan fingerprint density at radius 3 is 1.25 bits per heavy atom. The third-order valence-corrected chi connectivity index (χ3v) is 14.0. The van der Waals surface area contributed by atoms with Crippen molar-refractivity contribution in [3.63, 3.8) is 0 Å². The van der Waals surface area contributed by atoms with Gasteiger partial charge in [-0.05, 0) is 0 Å². The molecule has 1 fully saturated rings. The molecule has 148 valence electrons. The fourth-order valence-electron chi connectivity index (χ4n) is 3.75. The molecule has 5 rings (SSSR count). The van der Waals surface area contributed by atoms with Gasteiger partial charge in [0.25, 0.3) is 0 Å². The second kappa shape index (κ2) is 4.75. The summed E-state index contributed by atoms with van der Waals surface area (Å²) in [6.45, 7) is 0. The SMILES string of the molecule is CN1N=C(c2ccccc2)N2P1(F)(F)N1C(c3ccccc3)=NN(C)P21(F)F. The van der Waals surface area contributed by atoms with Gasteiger partial charge >= 0.3 is 158 Å². The molecule has 3 aliphatic heterocycles. The Bertz CT molecular complexity index is 960. The Morgan fingerprint density at radius 1 is 0.607 bits per heavy atom. The first-order valence-corrected chi connectivity index (χ1v) is 12.1. The average molecular weight is 430 g/mol.